The molecule has 6 rings (SSSR count). The molecule has 14 nitrogen and oxygen atoms in total. The topological polar surface area (TPSA) is 196 Å². The molecule has 15 heteroatoms. The Kier molecular flexibility index (Phi) is 11.5. The van der Waals surface area contributed by atoms with E-state index in [2.05, 4.69) is 23.3 Å². The molecule has 4 heterocycles. The highest BCUT2D eigenvalue weighted by molar-refractivity contribution is 7.81. The summed E-state index contributed by atoms with van der Waals surface area (Å²) in [6.45, 7) is 14.6. The number of phenols is 2. The Morgan fingerprint density at radius 2 is 1.71 bits per heavy atom. The lowest BCUT2D eigenvalue weighted by Gasteiger charge is -2.41. The molecule has 0 aromatic heterocycles. The number of rotatable bonds is 2. The summed E-state index contributed by atoms with van der Waals surface area (Å²) < 4.78 is 23.9. The predicted molar refractivity (Wildman–Crippen MR) is 223 cm³/mol. The summed E-state index contributed by atoms with van der Waals surface area (Å²) in [7, 11) is 1.45. The Morgan fingerprint density at radius 3 is 2.36 bits per heavy atom. The first kappa shape index (κ1) is 42.6. The number of nitrogens with one attached hydrogen (secondary N) is 2. The van der Waals surface area contributed by atoms with Crippen molar-refractivity contribution >= 4 is 58.1 Å². The molecule has 4 aliphatic heterocycles. The Hall–Kier alpha value is -4.96. The monoisotopic (exact) mass is 819 g/mol. The van der Waals surface area contributed by atoms with Gasteiger partial charge in [-0.15, -0.1) is 12.6 Å². The number of aromatic hydroxyl groups is 2. The van der Waals surface area contributed by atoms with E-state index in [-0.39, 0.29) is 44.7 Å². The third kappa shape index (κ3) is 7.11. The second-order valence-corrected chi connectivity index (χ2v) is 16.7. The number of carbonyl (C=O) groups is 3. The zero-order valence-electron chi connectivity index (χ0n) is 34.3. The summed E-state index contributed by atoms with van der Waals surface area (Å²) in [6.07, 6.45) is 9.76. The van der Waals surface area contributed by atoms with Crippen molar-refractivity contribution in [3.63, 3.8) is 0 Å². The largest absolute Gasteiger partial charge is 0.507 e. The number of hydrogen-bond donors (Lipinski definition) is 7. The molecule has 58 heavy (non-hydrogen) atoms. The molecule has 4 bridgehead atoms. The van der Waals surface area contributed by atoms with Crippen molar-refractivity contribution in [3.8, 4) is 17.2 Å². The van der Waals surface area contributed by atoms with Gasteiger partial charge in [0, 0.05) is 67.4 Å². The maximum Gasteiger partial charge on any atom is 0.312 e. The molecule has 0 fully saturated rings. The van der Waals surface area contributed by atoms with Crippen LogP contribution in [0.1, 0.15) is 71.3 Å². The highest BCUT2D eigenvalue weighted by atomic mass is 32.1. The molecule has 0 spiro atoms. The lowest BCUT2D eigenvalue weighted by molar-refractivity contribution is -0.161. The third-order valence-electron chi connectivity index (χ3n) is 12.0. The lowest BCUT2D eigenvalue weighted by atomic mass is 9.78. The maximum atomic E-state index is 14.6. The van der Waals surface area contributed by atoms with Crippen LogP contribution < -0.4 is 20.3 Å². The Balaban J connectivity index is 1.55. The number of methoxy groups -OCH3 is 1. The number of amides is 1. The van der Waals surface area contributed by atoms with Crippen LogP contribution in [0, 0.1) is 30.6 Å². The van der Waals surface area contributed by atoms with Gasteiger partial charge in [0.25, 0.3) is 11.7 Å². The van der Waals surface area contributed by atoms with Gasteiger partial charge in [-0.05, 0) is 44.6 Å². The number of carbonyl (C=O) groups excluding carboxylic acids is 3. The summed E-state index contributed by atoms with van der Waals surface area (Å²) in [5, 5.41) is 53.5. The fraction of sp³-hybridized carbons (Fsp3) is 0.465. The molecular weight excluding hydrogens is 767 g/mol. The van der Waals surface area contributed by atoms with Crippen LogP contribution >= 0.6 is 12.6 Å². The van der Waals surface area contributed by atoms with Gasteiger partial charge >= 0.3 is 11.8 Å². The quantitative estimate of drug-likeness (QED) is 0.0584. The molecule has 312 valence electrons. The van der Waals surface area contributed by atoms with Crippen molar-refractivity contribution in [1.29, 1.82) is 0 Å². The molecule has 0 aliphatic carbocycles. The number of benzene rings is 2. The smallest absolute Gasteiger partial charge is 0.312 e. The highest BCUT2D eigenvalue weighted by Crippen LogP contribution is 2.59. The number of thiol groups is 1. The first-order valence-electron chi connectivity index (χ1n) is 19.2. The fourth-order valence-corrected chi connectivity index (χ4v) is 8.49. The van der Waals surface area contributed by atoms with Crippen LogP contribution in [0.15, 0.2) is 60.1 Å². The van der Waals surface area contributed by atoms with Gasteiger partial charge in [0.1, 0.15) is 34.4 Å². The molecule has 0 saturated heterocycles. The van der Waals surface area contributed by atoms with Crippen molar-refractivity contribution in [2.24, 2.45) is 23.7 Å². The minimum Gasteiger partial charge on any atom is -0.507 e. The van der Waals surface area contributed by atoms with Gasteiger partial charge in [-0.25, -0.2) is 0 Å². The average Bonchev–Trinajstić information content (AvgIpc) is 3.67. The number of phenolic OH excluding ortho intramolecular Hbond substituents is 2. The summed E-state index contributed by atoms with van der Waals surface area (Å²) in [5.41, 5.74) is 2.10. The van der Waals surface area contributed by atoms with Gasteiger partial charge in [-0.2, -0.15) is 0 Å². The second kappa shape index (κ2) is 15.7. The van der Waals surface area contributed by atoms with Gasteiger partial charge < -0.3 is 54.9 Å². The fourth-order valence-electron chi connectivity index (χ4n) is 8.25. The van der Waals surface area contributed by atoms with Gasteiger partial charge in [0.2, 0.25) is 0 Å². The maximum absolute atomic E-state index is 14.6. The minimum atomic E-state index is -1.95. The summed E-state index contributed by atoms with van der Waals surface area (Å²) in [5.74, 6) is -7.35. The number of esters is 1. The van der Waals surface area contributed by atoms with Crippen molar-refractivity contribution in [2.45, 2.75) is 97.5 Å². The molecule has 0 saturated carbocycles. The molecule has 2 aromatic carbocycles. The van der Waals surface area contributed by atoms with Gasteiger partial charge in [0.15, 0.2) is 5.75 Å². The summed E-state index contributed by atoms with van der Waals surface area (Å²) in [6, 6.07) is 0. The lowest BCUT2D eigenvalue weighted by Crippen LogP contribution is -2.49. The molecule has 4 aliphatic rings. The Morgan fingerprint density at radius 1 is 1.02 bits per heavy atom. The molecular formula is C43H53N3O11S. The van der Waals surface area contributed by atoms with Crippen LogP contribution in [0.3, 0.4) is 0 Å². The van der Waals surface area contributed by atoms with Crippen LogP contribution in [0.5, 0.6) is 17.2 Å². The van der Waals surface area contributed by atoms with E-state index in [4.69, 9.17) is 18.9 Å². The molecule has 2 aromatic rings. The number of hydrogen-bond acceptors (Lipinski definition) is 14. The first-order chi connectivity index (χ1) is 27.2. The summed E-state index contributed by atoms with van der Waals surface area (Å²) >= 11 is 4.59. The van der Waals surface area contributed by atoms with E-state index in [1.807, 2.05) is 24.0 Å². The van der Waals surface area contributed by atoms with Crippen LogP contribution in [-0.4, -0.2) is 80.4 Å². The van der Waals surface area contributed by atoms with Crippen LogP contribution in [0.4, 0.5) is 17.1 Å². The van der Waals surface area contributed by atoms with Crippen molar-refractivity contribution in [1.82, 2.24) is 0 Å². The van der Waals surface area contributed by atoms with E-state index in [1.54, 1.807) is 59.9 Å². The molecule has 0 radical (unpaired) electrons. The number of aliphatic hydroxyl groups is 2. The van der Waals surface area contributed by atoms with Crippen molar-refractivity contribution < 1.29 is 53.8 Å². The van der Waals surface area contributed by atoms with Gasteiger partial charge in [-0.3, -0.25) is 14.4 Å². The van der Waals surface area contributed by atoms with Gasteiger partial charge in [-0.1, -0.05) is 45.9 Å². The summed E-state index contributed by atoms with van der Waals surface area (Å²) in [4.78, 5) is 40.9. The Bertz CT molecular complexity index is 2210. The number of Topliss-reactive ketones (excluding diaryl/α,β-unsaturated/α-hetero) is 1. The van der Waals surface area contributed by atoms with E-state index < -0.39 is 82.3 Å². The van der Waals surface area contributed by atoms with Gasteiger partial charge in [0.05, 0.1) is 40.8 Å². The number of ketones is 1. The van der Waals surface area contributed by atoms with Crippen molar-refractivity contribution in [3.05, 3.63) is 71.2 Å². The van der Waals surface area contributed by atoms with E-state index in [0.29, 0.717) is 11.4 Å². The number of ether oxygens (including phenoxy) is 4. The third-order valence-corrected chi connectivity index (χ3v) is 12.8. The zero-order valence-corrected chi connectivity index (χ0v) is 35.2. The van der Waals surface area contributed by atoms with E-state index in [9.17, 15) is 34.8 Å². The number of nitrogens with zero attached hydrogens (tertiary/aromatic N) is 1. The minimum absolute atomic E-state index is 0.00364. The van der Waals surface area contributed by atoms with E-state index in [1.165, 1.54) is 39.4 Å². The number of anilines is 3. The molecule has 1 amide bonds. The number of fused-ring (bicyclic) bond motifs is 2. The van der Waals surface area contributed by atoms with Crippen LogP contribution in [0.25, 0.3) is 10.8 Å². The highest BCUT2D eigenvalue weighted by Gasteiger charge is 2.51. The first-order valence-corrected chi connectivity index (χ1v) is 19.7. The standard InChI is InChI=1S/C43H53N3O11S/c1-19-14-16-46-28(18-19)44-32-29-30-36(49)24(6)39-31(29)40(51)42(9,57-39)55-17-15-27(54-10)22(4)38(56-26(8)47)23(5)35(48)25(7)43(53,58)21(3)13-11-12-20(2)41(52)45-33(34(32)46)37(30)50/h11-18,21-23,25,27-28,35,38,44,48-50,53,58H,1-10H3,(H,45,52)/b13-11+,17-15+,20-12-/t21-,22+,23+,25-,27-,28?,35-,38+,42-,43?/m0/s1. The Labute approximate surface area is 343 Å². The van der Waals surface area contributed by atoms with Crippen LogP contribution in [0.2, 0.25) is 0 Å². The molecule has 10 atom stereocenters. The second-order valence-electron chi connectivity index (χ2n) is 16.0. The number of aliphatic hydroxyl groups excluding tert-OH is 1. The van der Waals surface area contributed by atoms with Crippen molar-refractivity contribution in [2.75, 3.05) is 22.6 Å². The number of allylic oxidation sites excluding steroid dienone is 4. The van der Waals surface area contributed by atoms with E-state index in [0.717, 1.165) is 5.57 Å². The molecule has 2 unspecified atom stereocenters. The zero-order chi connectivity index (χ0) is 42.8. The SMILES string of the molecule is CO[C@H]1/C=C/O[C@@]2(C)Oc3c(C)c(O)c4c(O)c(c5c(c4c3C2=O)NC2C=C(C)C=CN52)NC(=O)/C(C)=C\C=C\[C@H](C)C(O)(S)[C@@H](C)[C@@H](O)[C@@H](C)[C@H](OC(C)=O)[C@@H]1C. The predicted octanol–water partition coefficient (Wildman–Crippen LogP) is 6.34. The molecule has 6 N–H and O–H groups in total. The van der Waals surface area contributed by atoms with Crippen LogP contribution in [-0.2, 0) is 23.8 Å². The van der Waals surface area contributed by atoms with E-state index >= 15 is 0 Å². The average molecular weight is 820 g/mol. The normalized spacial score (nSPS) is 34.5.